The molecule has 0 aliphatic carbocycles. The Bertz CT molecular complexity index is 920. The number of amides is 2. The maximum Gasteiger partial charge on any atom is 0.412 e. The first kappa shape index (κ1) is 22.9. The average Bonchev–Trinajstić information content (AvgIpc) is 2.67. The number of nitrogens with one attached hydrogen (secondary N) is 2. The van der Waals surface area contributed by atoms with Gasteiger partial charge in [0.25, 0.3) is 5.91 Å². The predicted molar refractivity (Wildman–Crippen MR) is 111 cm³/mol. The van der Waals surface area contributed by atoms with Crippen molar-refractivity contribution in [3.8, 4) is 5.75 Å². The molecule has 0 saturated carbocycles. The van der Waals surface area contributed by atoms with Crippen LogP contribution in [0.25, 0.3) is 0 Å². The minimum Gasteiger partial charge on any atom is -0.484 e. The van der Waals surface area contributed by atoms with Crippen LogP contribution in [0, 0.1) is 5.82 Å². The molecule has 0 aliphatic rings. The Morgan fingerprint density at radius 3 is 2.23 bits per heavy atom. The van der Waals surface area contributed by atoms with E-state index in [4.69, 9.17) is 9.47 Å². The van der Waals surface area contributed by atoms with Crippen molar-refractivity contribution in [3.05, 3.63) is 53.8 Å². The van der Waals surface area contributed by atoms with Gasteiger partial charge in [0.15, 0.2) is 12.4 Å². The number of ether oxygens (including phenoxy) is 2. The van der Waals surface area contributed by atoms with Crippen LogP contribution in [0.1, 0.15) is 44.5 Å². The summed E-state index contributed by atoms with van der Waals surface area (Å²) < 4.78 is 24.2. The number of Topliss-reactive ketones (excluding diaryl/α,β-unsaturated/α-hetero) is 1. The van der Waals surface area contributed by atoms with E-state index in [1.807, 2.05) is 0 Å². The van der Waals surface area contributed by atoms with Crippen LogP contribution in [-0.4, -0.2) is 30.0 Å². The molecule has 7 nitrogen and oxygen atoms in total. The van der Waals surface area contributed by atoms with Gasteiger partial charge in [0.1, 0.15) is 17.2 Å². The van der Waals surface area contributed by atoms with Gasteiger partial charge >= 0.3 is 6.09 Å². The van der Waals surface area contributed by atoms with E-state index in [9.17, 15) is 18.8 Å². The molecule has 8 heteroatoms. The monoisotopic (exact) mass is 416 g/mol. The number of hydrogen-bond acceptors (Lipinski definition) is 5. The van der Waals surface area contributed by atoms with Gasteiger partial charge in [-0.2, -0.15) is 0 Å². The topological polar surface area (TPSA) is 93.7 Å². The molecule has 0 atom stereocenters. The van der Waals surface area contributed by atoms with Crippen LogP contribution < -0.4 is 15.4 Å². The third kappa shape index (κ3) is 7.20. The van der Waals surface area contributed by atoms with Gasteiger partial charge in [0.05, 0.1) is 11.4 Å². The molecule has 160 valence electrons. The summed E-state index contributed by atoms with van der Waals surface area (Å²) in [7, 11) is 0. The molecule has 2 aromatic rings. The van der Waals surface area contributed by atoms with E-state index in [0.717, 1.165) is 12.1 Å². The third-order valence-corrected chi connectivity index (χ3v) is 3.76. The van der Waals surface area contributed by atoms with Crippen molar-refractivity contribution in [3.63, 3.8) is 0 Å². The Balaban J connectivity index is 1.99. The molecule has 0 aromatic heterocycles. The van der Waals surface area contributed by atoms with Crippen LogP contribution in [0.3, 0.4) is 0 Å². The molecular weight excluding hydrogens is 391 g/mol. The fourth-order valence-corrected chi connectivity index (χ4v) is 2.42. The Morgan fingerprint density at radius 1 is 0.967 bits per heavy atom. The van der Waals surface area contributed by atoms with Crippen molar-refractivity contribution >= 4 is 29.2 Å². The van der Waals surface area contributed by atoms with E-state index in [2.05, 4.69) is 10.6 Å². The first-order chi connectivity index (χ1) is 14.1. The van der Waals surface area contributed by atoms with Crippen LogP contribution in [0.15, 0.2) is 42.5 Å². The highest BCUT2D eigenvalue weighted by atomic mass is 19.1. The fraction of sp³-hybridized carbons (Fsp3) is 0.318. The summed E-state index contributed by atoms with van der Waals surface area (Å²) in [5.74, 6) is -0.724. The second kappa shape index (κ2) is 9.87. The van der Waals surface area contributed by atoms with E-state index in [-0.39, 0.29) is 23.8 Å². The second-order valence-electron chi connectivity index (χ2n) is 7.45. The molecule has 0 aliphatic heterocycles. The molecule has 2 aromatic carbocycles. The highest BCUT2D eigenvalue weighted by Crippen LogP contribution is 2.24. The number of carbonyl (C=O) groups excluding carboxylic acids is 3. The van der Waals surface area contributed by atoms with Crippen LogP contribution in [0.4, 0.5) is 20.6 Å². The standard InChI is InChI=1S/C22H25FN2O5/c1-5-19(26)14-6-9-16(10-7-14)29-13-20(27)24-18-12-15(23)8-11-17(18)25-21(28)30-22(2,3)4/h6-12H,5,13H2,1-4H3,(H,24,27)(H,25,28). The summed E-state index contributed by atoms with van der Waals surface area (Å²) in [6, 6.07) is 9.97. The summed E-state index contributed by atoms with van der Waals surface area (Å²) in [5.41, 5.74) is 0.102. The van der Waals surface area contributed by atoms with Gasteiger partial charge < -0.3 is 14.8 Å². The first-order valence-corrected chi connectivity index (χ1v) is 9.43. The molecular formula is C22H25FN2O5. The van der Waals surface area contributed by atoms with Crippen molar-refractivity contribution in [2.75, 3.05) is 17.2 Å². The minimum atomic E-state index is -0.734. The Hall–Kier alpha value is -3.42. The Morgan fingerprint density at radius 2 is 1.63 bits per heavy atom. The zero-order valence-electron chi connectivity index (χ0n) is 17.4. The number of hydrogen-bond donors (Lipinski definition) is 2. The van der Waals surface area contributed by atoms with Gasteiger partial charge in [-0.1, -0.05) is 6.92 Å². The van der Waals surface area contributed by atoms with Gasteiger partial charge in [0.2, 0.25) is 0 Å². The van der Waals surface area contributed by atoms with Gasteiger partial charge in [0, 0.05) is 12.0 Å². The summed E-state index contributed by atoms with van der Waals surface area (Å²) in [5, 5.41) is 4.98. The van der Waals surface area contributed by atoms with Crippen LogP contribution in [-0.2, 0) is 9.53 Å². The van der Waals surface area contributed by atoms with Gasteiger partial charge in [-0.05, 0) is 63.2 Å². The van der Waals surface area contributed by atoms with E-state index in [1.54, 1.807) is 52.0 Å². The normalized spacial score (nSPS) is 10.8. The number of rotatable bonds is 7. The quantitative estimate of drug-likeness (QED) is 0.634. The molecule has 0 bridgehead atoms. The van der Waals surface area contributed by atoms with E-state index < -0.39 is 23.4 Å². The molecule has 0 fully saturated rings. The number of halogens is 1. The Labute approximate surface area is 174 Å². The molecule has 0 radical (unpaired) electrons. The van der Waals surface area contributed by atoms with Crippen molar-refractivity contribution in [1.82, 2.24) is 0 Å². The molecule has 0 saturated heterocycles. The van der Waals surface area contributed by atoms with Gasteiger partial charge in [-0.15, -0.1) is 0 Å². The molecule has 0 unspecified atom stereocenters. The third-order valence-electron chi connectivity index (χ3n) is 3.76. The molecule has 2 N–H and O–H groups in total. The molecule has 2 rings (SSSR count). The number of anilines is 2. The SMILES string of the molecule is CCC(=O)c1ccc(OCC(=O)Nc2cc(F)ccc2NC(=O)OC(C)(C)C)cc1. The lowest BCUT2D eigenvalue weighted by molar-refractivity contribution is -0.118. The lowest BCUT2D eigenvalue weighted by atomic mass is 10.1. The molecule has 2 amide bonds. The summed E-state index contributed by atoms with van der Waals surface area (Å²) in [6.07, 6.45) is -0.335. The van der Waals surface area contributed by atoms with Crippen LogP contribution in [0.5, 0.6) is 5.75 Å². The van der Waals surface area contributed by atoms with Crippen LogP contribution in [0.2, 0.25) is 0 Å². The summed E-state index contributed by atoms with van der Waals surface area (Å²) in [6.45, 7) is 6.56. The average molecular weight is 416 g/mol. The Kier molecular flexibility index (Phi) is 7.52. The van der Waals surface area contributed by atoms with Gasteiger partial charge in [-0.25, -0.2) is 9.18 Å². The maximum absolute atomic E-state index is 13.6. The highest BCUT2D eigenvalue weighted by Gasteiger charge is 2.18. The zero-order chi connectivity index (χ0) is 22.3. The van der Waals surface area contributed by atoms with E-state index in [1.165, 1.54) is 6.07 Å². The maximum atomic E-state index is 13.6. The van der Waals surface area contributed by atoms with Crippen molar-refractivity contribution < 1.29 is 28.2 Å². The second-order valence-corrected chi connectivity index (χ2v) is 7.45. The fourth-order valence-electron chi connectivity index (χ4n) is 2.42. The number of carbonyl (C=O) groups is 3. The van der Waals surface area contributed by atoms with Crippen molar-refractivity contribution in [2.24, 2.45) is 0 Å². The lowest BCUT2D eigenvalue weighted by Gasteiger charge is -2.20. The molecule has 0 heterocycles. The van der Waals surface area contributed by atoms with Crippen molar-refractivity contribution in [1.29, 1.82) is 0 Å². The largest absolute Gasteiger partial charge is 0.484 e. The smallest absolute Gasteiger partial charge is 0.412 e. The predicted octanol–water partition coefficient (Wildman–Crippen LogP) is 4.78. The summed E-state index contributed by atoms with van der Waals surface area (Å²) >= 11 is 0. The lowest BCUT2D eigenvalue weighted by Crippen LogP contribution is -2.28. The van der Waals surface area contributed by atoms with E-state index >= 15 is 0 Å². The molecule has 30 heavy (non-hydrogen) atoms. The minimum absolute atomic E-state index is 0.00964. The zero-order valence-corrected chi connectivity index (χ0v) is 17.4. The highest BCUT2D eigenvalue weighted by molar-refractivity contribution is 5.98. The number of ketones is 1. The van der Waals surface area contributed by atoms with Crippen molar-refractivity contribution in [2.45, 2.75) is 39.7 Å². The van der Waals surface area contributed by atoms with E-state index in [0.29, 0.717) is 17.7 Å². The molecule has 0 spiro atoms. The van der Waals surface area contributed by atoms with Gasteiger partial charge in [-0.3, -0.25) is 14.9 Å². The number of benzene rings is 2. The van der Waals surface area contributed by atoms with Crippen LogP contribution >= 0.6 is 0 Å². The first-order valence-electron chi connectivity index (χ1n) is 9.43. The summed E-state index contributed by atoms with van der Waals surface area (Å²) in [4.78, 5) is 35.8.